The van der Waals surface area contributed by atoms with Gasteiger partial charge in [-0.3, -0.25) is 10.4 Å². The molecule has 0 fully saturated rings. The van der Waals surface area contributed by atoms with Crippen LogP contribution in [0, 0.1) is 5.82 Å². The van der Waals surface area contributed by atoms with Gasteiger partial charge in [0.1, 0.15) is 11.6 Å². The van der Waals surface area contributed by atoms with Gasteiger partial charge in [0, 0.05) is 36.4 Å². The Morgan fingerprint density at radius 1 is 1.48 bits per heavy atom. The highest BCUT2D eigenvalue weighted by atomic mass is 19.1. The third-order valence-electron chi connectivity index (χ3n) is 2.68. The molecule has 21 heavy (non-hydrogen) atoms. The molecule has 112 valence electrons. The molecule has 2 aromatic rings. The number of benzene rings is 1. The lowest BCUT2D eigenvalue weighted by Crippen LogP contribution is -2.10. The van der Waals surface area contributed by atoms with Crippen LogP contribution in [0.15, 0.2) is 24.5 Å². The van der Waals surface area contributed by atoms with E-state index in [2.05, 4.69) is 15.5 Å². The van der Waals surface area contributed by atoms with Crippen LogP contribution in [0.2, 0.25) is 0 Å². The van der Waals surface area contributed by atoms with Crippen LogP contribution in [0.3, 0.4) is 0 Å². The summed E-state index contributed by atoms with van der Waals surface area (Å²) in [4.78, 5) is 10.7. The van der Waals surface area contributed by atoms with E-state index >= 15 is 0 Å². The molecule has 0 radical (unpaired) electrons. The SMILES string of the molecule is O=C(O)Nc1cc(F)c(-c2cn[nH]c2)cc1OCCCO. The molecule has 0 atom stereocenters. The molecule has 0 bridgehead atoms. The molecule has 4 N–H and O–H groups in total. The Labute approximate surface area is 119 Å². The number of ether oxygens (including phenoxy) is 1. The van der Waals surface area contributed by atoms with Gasteiger partial charge in [0.05, 0.1) is 18.5 Å². The fourth-order valence-corrected chi connectivity index (χ4v) is 1.75. The lowest BCUT2D eigenvalue weighted by Gasteiger charge is -2.13. The number of rotatable bonds is 6. The summed E-state index contributed by atoms with van der Waals surface area (Å²) >= 11 is 0. The fourth-order valence-electron chi connectivity index (χ4n) is 1.75. The van der Waals surface area contributed by atoms with Crippen LogP contribution >= 0.6 is 0 Å². The number of aliphatic hydroxyl groups excluding tert-OH is 1. The molecule has 1 aromatic heterocycles. The zero-order chi connectivity index (χ0) is 15.2. The molecule has 8 heteroatoms. The number of hydrogen-bond donors (Lipinski definition) is 4. The number of aliphatic hydroxyl groups is 1. The highest BCUT2D eigenvalue weighted by Gasteiger charge is 2.15. The average molecular weight is 295 g/mol. The van der Waals surface area contributed by atoms with Gasteiger partial charge in [-0.15, -0.1) is 0 Å². The van der Waals surface area contributed by atoms with Gasteiger partial charge >= 0.3 is 6.09 Å². The van der Waals surface area contributed by atoms with Crippen LogP contribution in [0.25, 0.3) is 11.1 Å². The maximum absolute atomic E-state index is 14.1. The van der Waals surface area contributed by atoms with Crippen LogP contribution in [0.5, 0.6) is 5.75 Å². The molecule has 0 spiro atoms. The maximum Gasteiger partial charge on any atom is 0.409 e. The predicted molar refractivity (Wildman–Crippen MR) is 72.8 cm³/mol. The topological polar surface area (TPSA) is 107 Å². The van der Waals surface area contributed by atoms with Crippen molar-refractivity contribution in [2.45, 2.75) is 6.42 Å². The number of aromatic nitrogens is 2. The minimum Gasteiger partial charge on any atom is -0.491 e. The van der Waals surface area contributed by atoms with Crippen molar-refractivity contribution in [2.75, 3.05) is 18.5 Å². The van der Waals surface area contributed by atoms with E-state index < -0.39 is 11.9 Å². The van der Waals surface area contributed by atoms with E-state index in [1.807, 2.05) is 0 Å². The normalized spacial score (nSPS) is 10.4. The van der Waals surface area contributed by atoms with Crippen LogP contribution in [-0.2, 0) is 0 Å². The Morgan fingerprint density at radius 2 is 2.29 bits per heavy atom. The first-order valence-corrected chi connectivity index (χ1v) is 6.18. The van der Waals surface area contributed by atoms with E-state index in [0.717, 1.165) is 6.07 Å². The van der Waals surface area contributed by atoms with E-state index in [0.29, 0.717) is 12.0 Å². The average Bonchev–Trinajstić information content (AvgIpc) is 2.94. The Morgan fingerprint density at radius 3 is 2.90 bits per heavy atom. The molecule has 1 amide bonds. The van der Waals surface area contributed by atoms with E-state index in [1.54, 1.807) is 0 Å². The Bertz CT molecular complexity index is 616. The first-order valence-electron chi connectivity index (χ1n) is 6.18. The standard InChI is InChI=1S/C13H14FN3O4/c14-10-5-11(17-13(19)20)12(21-3-1-2-18)4-9(10)8-6-15-16-7-8/h4-7,17-18H,1-3H2,(H,15,16)(H,19,20). The summed E-state index contributed by atoms with van der Waals surface area (Å²) in [7, 11) is 0. The van der Waals surface area contributed by atoms with E-state index in [-0.39, 0.29) is 30.2 Å². The van der Waals surface area contributed by atoms with Crippen molar-refractivity contribution in [3.05, 3.63) is 30.3 Å². The predicted octanol–water partition coefficient (Wildman–Crippen LogP) is 2.07. The zero-order valence-corrected chi connectivity index (χ0v) is 11.0. The van der Waals surface area contributed by atoms with Crippen molar-refractivity contribution >= 4 is 11.8 Å². The summed E-state index contributed by atoms with van der Waals surface area (Å²) < 4.78 is 19.5. The molecular formula is C13H14FN3O4. The Balaban J connectivity index is 2.36. The molecule has 1 aromatic carbocycles. The van der Waals surface area contributed by atoms with Crippen molar-refractivity contribution in [1.82, 2.24) is 10.2 Å². The van der Waals surface area contributed by atoms with Crippen molar-refractivity contribution in [2.24, 2.45) is 0 Å². The molecule has 0 saturated heterocycles. The third-order valence-corrected chi connectivity index (χ3v) is 2.68. The van der Waals surface area contributed by atoms with Crippen LogP contribution in [0.4, 0.5) is 14.9 Å². The number of nitrogens with zero attached hydrogens (tertiary/aromatic N) is 1. The monoisotopic (exact) mass is 295 g/mol. The Kier molecular flexibility index (Phi) is 4.72. The number of amides is 1. The lowest BCUT2D eigenvalue weighted by molar-refractivity contribution is 0.209. The van der Waals surface area contributed by atoms with Gasteiger partial charge in [0.2, 0.25) is 0 Å². The van der Waals surface area contributed by atoms with Gasteiger partial charge in [-0.25, -0.2) is 9.18 Å². The van der Waals surface area contributed by atoms with Crippen molar-refractivity contribution in [1.29, 1.82) is 0 Å². The molecule has 0 unspecified atom stereocenters. The van der Waals surface area contributed by atoms with Gasteiger partial charge in [-0.05, 0) is 6.07 Å². The van der Waals surface area contributed by atoms with Gasteiger partial charge in [0.15, 0.2) is 0 Å². The van der Waals surface area contributed by atoms with Crippen LogP contribution < -0.4 is 10.1 Å². The molecule has 0 aliphatic carbocycles. The van der Waals surface area contributed by atoms with Crippen LogP contribution in [-0.4, -0.2) is 39.7 Å². The molecule has 1 heterocycles. The number of H-pyrrole nitrogens is 1. The number of nitrogens with one attached hydrogen (secondary N) is 2. The summed E-state index contributed by atoms with van der Waals surface area (Å²) in [5.41, 5.74) is 0.755. The number of carbonyl (C=O) groups is 1. The molecule has 0 aliphatic rings. The minimum atomic E-state index is -1.32. The van der Waals surface area contributed by atoms with Gasteiger partial charge in [-0.1, -0.05) is 0 Å². The molecular weight excluding hydrogens is 281 g/mol. The molecule has 7 nitrogen and oxygen atoms in total. The van der Waals surface area contributed by atoms with Crippen molar-refractivity contribution in [3.63, 3.8) is 0 Å². The fraction of sp³-hybridized carbons (Fsp3) is 0.231. The molecule has 2 rings (SSSR count). The Hall–Kier alpha value is -2.61. The summed E-state index contributed by atoms with van der Waals surface area (Å²) in [5, 5.41) is 25.9. The van der Waals surface area contributed by atoms with E-state index in [1.165, 1.54) is 18.5 Å². The third kappa shape index (κ3) is 3.69. The first-order chi connectivity index (χ1) is 10.1. The van der Waals surface area contributed by atoms with Crippen molar-refractivity contribution in [3.8, 4) is 16.9 Å². The zero-order valence-electron chi connectivity index (χ0n) is 11.0. The summed E-state index contributed by atoms with van der Waals surface area (Å²) in [6.45, 7) is 0.124. The lowest BCUT2D eigenvalue weighted by atomic mass is 10.1. The van der Waals surface area contributed by atoms with E-state index in [9.17, 15) is 9.18 Å². The largest absolute Gasteiger partial charge is 0.491 e. The second kappa shape index (κ2) is 6.71. The number of anilines is 1. The number of carboxylic acid groups (broad SMARTS) is 1. The highest BCUT2D eigenvalue weighted by Crippen LogP contribution is 2.33. The second-order valence-electron chi connectivity index (χ2n) is 4.17. The highest BCUT2D eigenvalue weighted by molar-refractivity contribution is 5.86. The molecule has 0 saturated carbocycles. The number of aromatic amines is 1. The first kappa shape index (κ1) is 14.8. The smallest absolute Gasteiger partial charge is 0.409 e. The minimum absolute atomic E-state index is 0.00480. The molecule has 0 aliphatic heterocycles. The van der Waals surface area contributed by atoms with Crippen molar-refractivity contribution < 1.29 is 24.1 Å². The quantitative estimate of drug-likeness (QED) is 0.610. The van der Waals surface area contributed by atoms with Crippen LogP contribution in [0.1, 0.15) is 6.42 Å². The van der Waals surface area contributed by atoms with Gasteiger partial charge in [-0.2, -0.15) is 5.10 Å². The summed E-state index contributed by atoms with van der Waals surface area (Å²) in [6, 6.07) is 2.44. The number of hydrogen-bond acceptors (Lipinski definition) is 4. The second-order valence-corrected chi connectivity index (χ2v) is 4.17. The summed E-state index contributed by atoms with van der Waals surface area (Å²) in [5.74, 6) is -0.418. The van der Waals surface area contributed by atoms with Gasteiger partial charge < -0.3 is 14.9 Å². The van der Waals surface area contributed by atoms with E-state index in [4.69, 9.17) is 14.9 Å². The van der Waals surface area contributed by atoms with Gasteiger partial charge in [0.25, 0.3) is 0 Å². The maximum atomic E-state index is 14.1. The number of halogens is 1. The summed E-state index contributed by atoms with van der Waals surface area (Å²) in [6.07, 6.45) is 2.02.